The number of benzene rings is 1. The van der Waals surface area contributed by atoms with Gasteiger partial charge >= 0.3 is 17.5 Å². The Morgan fingerprint density at radius 1 is 1.17 bits per heavy atom. The van der Waals surface area contributed by atoms with Gasteiger partial charge in [0.25, 0.3) is 0 Å². The monoisotopic (exact) mass is 415 g/mol. The summed E-state index contributed by atoms with van der Waals surface area (Å²) >= 11 is 0. The largest absolute Gasteiger partial charge is 0.348 e. The van der Waals surface area contributed by atoms with Crippen LogP contribution in [0.15, 0.2) is 42.7 Å². The Labute approximate surface area is 172 Å². The summed E-state index contributed by atoms with van der Waals surface area (Å²) in [5.41, 5.74) is 0.411. The fourth-order valence-corrected chi connectivity index (χ4v) is 3.33. The van der Waals surface area contributed by atoms with Gasteiger partial charge in [-0.15, -0.1) is 0 Å². The maximum Gasteiger partial charge on any atom is 0.313 e. The molecule has 0 saturated carbocycles. The Kier molecular flexibility index (Phi) is 7.02. The van der Waals surface area contributed by atoms with Crippen LogP contribution in [0.2, 0.25) is 0 Å². The van der Waals surface area contributed by atoms with E-state index in [9.17, 15) is 24.1 Å². The van der Waals surface area contributed by atoms with E-state index in [-0.39, 0.29) is 11.6 Å². The number of carbonyl (C=O) groups is 2. The molecule has 2 amide bonds. The molecule has 1 aromatic heterocycles. The van der Waals surface area contributed by atoms with Gasteiger partial charge in [-0.2, -0.15) is 4.39 Å². The van der Waals surface area contributed by atoms with E-state index in [1.54, 1.807) is 12.4 Å². The number of nitrogens with one attached hydrogen (secondary N) is 2. The minimum absolute atomic E-state index is 0.0207. The molecule has 2 N–H and O–H groups in total. The number of pyridine rings is 1. The van der Waals surface area contributed by atoms with E-state index in [4.69, 9.17) is 0 Å². The Morgan fingerprint density at radius 3 is 2.53 bits per heavy atom. The van der Waals surface area contributed by atoms with Crippen molar-refractivity contribution in [2.75, 3.05) is 25.0 Å². The molecule has 1 aliphatic heterocycles. The van der Waals surface area contributed by atoms with Crippen LogP contribution in [0.4, 0.5) is 15.8 Å². The summed E-state index contributed by atoms with van der Waals surface area (Å²) < 4.78 is 13.4. The molecule has 10 heteroatoms. The molecule has 1 saturated heterocycles. The topological polar surface area (TPSA) is 117 Å². The number of halogens is 1. The van der Waals surface area contributed by atoms with Gasteiger partial charge in [0.05, 0.1) is 4.92 Å². The SMILES string of the molecule is O=C(NCC1CCN(Cc2ccncc2)CC1)C(=O)Nc1ccc(F)c([N+](=O)[O-])c1. The number of carbonyl (C=O) groups excluding carboxylic acids is 2. The first-order chi connectivity index (χ1) is 14.4. The number of nitro groups is 1. The highest BCUT2D eigenvalue weighted by atomic mass is 19.1. The standard InChI is InChI=1S/C20H22FN5O4/c21-17-2-1-16(11-18(17)26(29)30)24-20(28)19(27)23-12-14-5-9-25(10-6-14)13-15-3-7-22-8-4-15/h1-4,7-8,11,14H,5-6,9-10,12-13H2,(H,23,27)(H,24,28). The third-order valence-electron chi connectivity index (χ3n) is 5.02. The fraction of sp³-hybridized carbons (Fsp3) is 0.350. The van der Waals surface area contributed by atoms with Crippen LogP contribution in [0.3, 0.4) is 0 Å². The van der Waals surface area contributed by atoms with Crippen LogP contribution in [0, 0.1) is 21.8 Å². The molecule has 1 fully saturated rings. The highest BCUT2D eigenvalue weighted by molar-refractivity contribution is 6.39. The van der Waals surface area contributed by atoms with Gasteiger partial charge in [0.1, 0.15) is 0 Å². The van der Waals surface area contributed by atoms with Crippen LogP contribution in [0.25, 0.3) is 0 Å². The van der Waals surface area contributed by atoms with Crippen molar-refractivity contribution in [3.8, 4) is 0 Å². The molecule has 3 rings (SSSR count). The molecular formula is C20H22FN5O4. The highest BCUT2D eigenvalue weighted by Crippen LogP contribution is 2.21. The molecule has 158 valence electrons. The van der Waals surface area contributed by atoms with Gasteiger partial charge in [0.15, 0.2) is 0 Å². The zero-order chi connectivity index (χ0) is 21.5. The summed E-state index contributed by atoms with van der Waals surface area (Å²) in [6.45, 7) is 3.02. The van der Waals surface area contributed by atoms with Crippen molar-refractivity contribution in [3.05, 3.63) is 64.2 Å². The summed E-state index contributed by atoms with van der Waals surface area (Å²) in [7, 11) is 0. The molecule has 0 radical (unpaired) electrons. The molecule has 0 aliphatic carbocycles. The molecule has 0 atom stereocenters. The van der Waals surface area contributed by atoms with Gasteiger partial charge in [-0.1, -0.05) is 0 Å². The second-order valence-electron chi connectivity index (χ2n) is 7.16. The number of likely N-dealkylation sites (tertiary alicyclic amines) is 1. The quantitative estimate of drug-likeness (QED) is 0.424. The van der Waals surface area contributed by atoms with E-state index < -0.39 is 28.2 Å². The van der Waals surface area contributed by atoms with Crippen molar-refractivity contribution in [1.29, 1.82) is 0 Å². The van der Waals surface area contributed by atoms with E-state index in [1.807, 2.05) is 12.1 Å². The van der Waals surface area contributed by atoms with Crippen molar-refractivity contribution < 1.29 is 18.9 Å². The van der Waals surface area contributed by atoms with Crippen molar-refractivity contribution in [1.82, 2.24) is 15.2 Å². The molecule has 30 heavy (non-hydrogen) atoms. The van der Waals surface area contributed by atoms with Crippen molar-refractivity contribution in [2.45, 2.75) is 19.4 Å². The highest BCUT2D eigenvalue weighted by Gasteiger charge is 2.22. The molecule has 1 aromatic carbocycles. The average molecular weight is 415 g/mol. The number of hydrogen-bond donors (Lipinski definition) is 2. The van der Waals surface area contributed by atoms with E-state index in [2.05, 4.69) is 20.5 Å². The molecule has 2 heterocycles. The lowest BCUT2D eigenvalue weighted by atomic mass is 9.96. The second-order valence-corrected chi connectivity index (χ2v) is 7.16. The van der Waals surface area contributed by atoms with E-state index in [0.29, 0.717) is 6.54 Å². The van der Waals surface area contributed by atoms with Crippen molar-refractivity contribution >= 4 is 23.2 Å². The Balaban J connectivity index is 1.42. The van der Waals surface area contributed by atoms with Crippen LogP contribution >= 0.6 is 0 Å². The fourth-order valence-electron chi connectivity index (χ4n) is 3.33. The van der Waals surface area contributed by atoms with Gasteiger partial charge in [-0.25, -0.2) is 0 Å². The maximum absolute atomic E-state index is 13.4. The summed E-state index contributed by atoms with van der Waals surface area (Å²) in [6, 6.07) is 6.87. The molecule has 9 nitrogen and oxygen atoms in total. The summed E-state index contributed by atoms with van der Waals surface area (Å²) in [6.07, 6.45) is 5.34. The summed E-state index contributed by atoms with van der Waals surface area (Å²) in [4.78, 5) is 40.3. The predicted octanol–water partition coefficient (Wildman–Crippen LogP) is 2.10. The first-order valence-corrected chi connectivity index (χ1v) is 9.56. The van der Waals surface area contributed by atoms with Crippen LogP contribution in [-0.4, -0.2) is 46.3 Å². The number of nitro benzene ring substituents is 1. The van der Waals surface area contributed by atoms with E-state index in [1.165, 1.54) is 5.56 Å². The van der Waals surface area contributed by atoms with Crippen LogP contribution < -0.4 is 10.6 Å². The van der Waals surface area contributed by atoms with Crippen LogP contribution in [-0.2, 0) is 16.1 Å². The molecule has 0 bridgehead atoms. The zero-order valence-corrected chi connectivity index (χ0v) is 16.2. The van der Waals surface area contributed by atoms with Crippen LogP contribution in [0.1, 0.15) is 18.4 Å². The van der Waals surface area contributed by atoms with E-state index in [0.717, 1.165) is 50.7 Å². The summed E-state index contributed by atoms with van der Waals surface area (Å²) in [5.74, 6) is -2.53. The van der Waals surface area contributed by atoms with E-state index >= 15 is 0 Å². The van der Waals surface area contributed by atoms with Gasteiger partial charge in [-0.05, 0) is 61.7 Å². The number of nitrogens with zero attached hydrogens (tertiary/aromatic N) is 3. The van der Waals surface area contributed by atoms with Gasteiger partial charge in [-0.3, -0.25) is 29.6 Å². The van der Waals surface area contributed by atoms with Crippen molar-refractivity contribution in [3.63, 3.8) is 0 Å². The van der Waals surface area contributed by atoms with Gasteiger partial charge in [0.2, 0.25) is 5.82 Å². The third kappa shape index (κ3) is 5.80. The second kappa shape index (κ2) is 9.88. The third-order valence-corrected chi connectivity index (χ3v) is 5.02. The van der Waals surface area contributed by atoms with Crippen LogP contribution in [0.5, 0.6) is 0 Å². The lowest BCUT2D eigenvalue weighted by Gasteiger charge is -2.32. The van der Waals surface area contributed by atoms with Gasteiger partial charge in [0, 0.05) is 37.2 Å². The smallest absolute Gasteiger partial charge is 0.313 e. The summed E-state index contributed by atoms with van der Waals surface area (Å²) in [5, 5.41) is 15.6. The molecular weight excluding hydrogens is 393 g/mol. The number of anilines is 1. The lowest BCUT2D eigenvalue weighted by molar-refractivity contribution is -0.387. The first kappa shape index (κ1) is 21.3. The number of amides is 2. The average Bonchev–Trinajstić information content (AvgIpc) is 2.75. The lowest BCUT2D eigenvalue weighted by Crippen LogP contribution is -2.41. The molecule has 0 unspecified atom stereocenters. The van der Waals surface area contributed by atoms with Gasteiger partial charge < -0.3 is 10.6 Å². The maximum atomic E-state index is 13.4. The normalized spacial score (nSPS) is 14.8. The number of piperidine rings is 1. The number of hydrogen-bond acceptors (Lipinski definition) is 6. The predicted molar refractivity (Wildman–Crippen MR) is 107 cm³/mol. The minimum atomic E-state index is -1.02. The molecule has 1 aliphatic rings. The Hall–Kier alpha value is -3.40. The minimum Gasteiger partial charge on any atom is -0.348 e. The zero-order valence-electron chi connectivity index (χ0n) is 16.2. The molecule has 2 aromatic rings. The number of rotatable bonds is 6. The Bertz CT molecular complexity index is 917. The van der Waals surface area contributed by atoms with Crippen molar-refractivity contribution in [2.24, 2.45) is 5.92 Å². The number of aromatic nitrogens is 1. The molecule has 0 spiro atoms. The first-order valence-electron chi connectivity index (χ1n) is 9.56. The Morgan fingerprint density at radius 2 is 1.87 bits per heavy atom.